The smallest absolute Gasteiger partial charge is 0.258 e. The Bertz CT molecular complexity index is 965. The van der Waals surface area contributed by atoms with Crippen molar-refractivity contribution in [2.24, 2.45) is 0 Å². The first-order valence-corrected chi connectivity index (χ1v) is 9.93. The van der Waals surface area contributed by atoms with Crippen molar-refractivity contribution in [2.75, 3.05) is 41.9 Å². The number of ether oxygens (including phenoxy) is 4. The highest BCUT2D eigenvalue weighted by atomic mass is 35.5. The second-order valence-electron chi connectivity index (χ2n) is 7.15. The lowest BCUT2D eigenvalue weighted by Gasteiger charge is -2.27. The predicted octanol–water partition coefficient (Wildman–Crippen LogP) is 3.09. The number of carbonyl (C=O) groups is 2. The SMILES string of the molecule is COCOc1cc(OCOC)c(C(=O)N2Cc3ccccc3C2C(=O)N(C)C)cc1Cl. The summed E-state index contributed by atoms with van der Waals surface area (Å²) in [4.78, 5) is 29.6. The number of likely N-dealkylation sites (N-methyl/N-ethyl adjacent to an activating group) is 1. The Morgan fingerprint density at radius 2 is 1.71 bits per heavy atom. The summed E-state index contributed by atoms with van der Waals surface area (Å²) in [5.41, 5.74) is 1.93. The molecule has 0 saturated carbocycles. The Balaban J connectivity index is 2.02. The van der Waals surface area contributed by atoms with Gasteiger partial charge in [-0.3, -0.25) is 9.59 Å². The van der Waals surface area contributed by atoms with Crippen LogP contribution in [0.2, 0.25) is 5.02 Å². The minimum Gasteiger partial charge on any atom is -0.467 e. The molecule has 0 spiro atoms. The Kier molecular flexibility index (Phi) is 7.37. The van der Waals surface area contributed by atoms with E-state index in [1.165, 1.54) is 36.2 Å². The van der Waals surface area contributed by atoms with Gasteiger partial charge < -0.3 is 28.7 Å². The summed E-state index contributed by atoms with van der Waals surface area (Å²) in [6.07, 6.45) is 0. The number of hydrogen-bond acceptors (Lipinski definition) is 6. The molecule has 9 heteroatoms. The molecule has 0 aliphatic carbocycles. The second kappa shape index (κ2) is 10.00. The van der Waals surface area contributed by atoms with Crippen molar-refractivity contribution in [1.82, 2.24) is 9.80 Å². The van der Waals surface area contributed by atoms with Gasteiger partial charge >= 0.3 is 0 Å². The predicted molar refractivity (Wildman–Crippen MR) is 114 cm³/mol. The Labute approximate surface area is 186 Å². The van der Waals surface area contributed by atoms with E-state index in [9.17, 15) is 9.59 Å². The Hall–Kier alpha value is -2.81. The standard InChI is InChI=1S/C22H25ClN2O6/c1-24(2)22(27)20-15-8-6-5-7-14(15)11-25(20)21(26)16-9-17(23)19(31-13-29-4)10-18(16)30-12-28-3/h5-10,20H,11-13H2,1-4H3. The van der Waals surface area contributed by atoms with Gasteiger partial charge in [-0.1, -0.05) is 35.9 Å². The first-order valence-electron chi connectivity index (χ1n) is 9.56. The molecule has 8 nitrogen and oxygen atoms in total. The number of amides is 2. The van der Waals surface area contributed by atoms with Crippen LogP contribution in [0.25, 0.3) is 0 Å². The number of benzene rings is 2. The first kappa shape index (κ1) is 22.9. The van der Waals surface area contributed by atoms with Crippen LogP contribution in [-0.2, 0) is 20.8 Å². The third kappa shape index (κ3) is 4.76. The lowest BCUT2D eigenvalue weighted by molar-refractivity contribution is -0.133. The Morgan fingerprint density at radius 3 is 2.35 bits per heavy atom. The maximum Gasteiger partial charge on any atom is 0.258 e. The molecule has 0 bridgehead atoms. The molecule has 1 atom stereocenters. The molecule has 0 saturated heterocycles. The van der Waals surface area contributed by atoms with Crippen LogP contribution >= 0.6 is 11.6 Å². The van der Waals surface area contributed by atoms with E-state index in [-0.39, 0.29) is 41.7 Å². The van der Waals surface area contributed by atoms with Crippen LogP contribution in [-0.4, -0.2) is 63.5 Å². The highest BCUT2D eigenvalue weighted by molar-refractivity contribution is 6.32. The molecule has 1 heterocycles. The molecule has 1 unspecified atom stereocenters. The monoisotopic (exact) mass is 448 g/mol. The fourth-order valence-corrected chi connectivity index (χ4v) is 3.64. The zero-order chi connectivity index (χ0) is 22.5. The molecule has 31 heavy (non-hydrogen) atoms. The average molecular weight is 449 g/mol. The van der Waals surface area contributed by atoms with E-state index in [0.29, 0.717) is 12.3 Å². The number of methoxy groups -OCH3 is 2. The van der Waals surface area contributed by atoms with Crippen molar-refractivity contribution < 1.29 is 28.5 Å². The molecule has 1 aliphatic heterocycles. The van der Waals surface area contributed by atoms with Crippen molar-refractivity contribution >= 4 is 23.4 Å². The molecule has 3 rings (SSSR count). The van der Waals surface area contributed by atoms with Gasteiger partial charge in [-0.2, -0.15) is 0 Å². The van der Waals surface area contributed by atoms with E-state index in [4.69, 9.17) is 30.5 Å². The number of halogens is 1. The van der Waals surface area contributed by atoms with Gasteiger partial charge in [0, 0.05) is 40.9 Å². The normalized spacial score (nSPS) is 14.9. The van der Waals surface area contributed by atoms with Gasteiger partial charge in [0.15, 0.2) is 13.6 Å². The minimum atomic E-state index is -0.739. The van der Waals surface area contributed by atoms with Crippen molar-refractivity contribution in [3.63, 3.8) is 0 Å². The summed E-state index contributed by atoms with van der Waals surface area (Å²) >= 11 is 6.35. The fraction of sp³-hybridized carbons (Fsp3) is 0.364. The van der Waals surface area contributed by atoms with Crippen LogP contribution < -0.4 is 9.47 Å². The molecule has 0 radical (unpaired) electrons. The van der Waals surface area contributed by atoms with E-state index in [1.807, 2.05) is 24.3 Å². The second-order valence-corrected chi connectivity index (χ2v) is 7.55. The maximum atomic E-state index is 13.6. The van der Waals surface area contributed by atoms with Crippen LogP contribution in [0.5, 0.6) is 11.5 Å². The molecule has 2 aromatic carbocycles. The molecule has 2 aromatic rings. The van der Waals surface area contributed by atoms with Crippen molar-refractivity contribution in [3.05, 3.63) is 58.1 Å². The highest BCUT2D eigenvalue weighted by Gasteiger charge is 2.40. The van der Waals surface area contributed by atoms with Gasteiger partial charge in [0.05, 0.1) is 10.6 Å². The van der Waals surface area contributed by atoms with E-state index in [2.05, 4.69) is 0 Å². The number of carbonyl (C=O) groups excluding carboxylic acids is 2. The summed E-state index contributed by atoms with van der Waals surface area (Å²) < 4.78 is 21.0. The highest BCUT2D eigenvalue weighted by Crippen LogP contribution is 2.39. The summed E-state index contributed by atoms with van der Waals surface area (Å²) in [5, 5.41) is 0.220. The van der Waals surface area contributed by atoms with E-state index in [0.717, 1.165) is 11.1 Å². The molecule has 0 N–H and O–H groups in total. The quantitative estimate of drug-likeness (QED) is 0.577. The number of hydrogen-bond donors (Lipinski definition) is 0. The summed E-state index contributed by atoms with van der Waals surface area (Å²) in [5.74, 6) is -0.0438. The Morgan fingerprint density at radius 1 is 1.06 bits per heavy atom. The van der Waals surface area contributed by atoms with Gasteiger partial charge in [-0.05, 0) is 17.2 Å². The van der Waals surface area contributed by atoms with E-state index >= 15 is 0 Å². The molecular weight excluding hydrogens is 424 g/mol. The van der Waals surface area contributed by atoms with Crippen molar-refractivity contribution in [1.29, 1.82) is 0 Å². The maximum absolute atomic E-state index is 13.6. The van der Waals surface area contributed by atoms with Crippen LogP contribution in [0.3, 0.4) is 0 Å². The number of nitrogens with zero attached hydrogens (tertiary/aromatic N) is 2. The van der Waals surface area contributed by atoms with Crippen molar-refractivity contribution in [3.8, 4) is 11.5 Å². The molecule has 1 aliphatic rings. The van der Waals surface area contributed by atoms with Crippen LogP contribution in [0.4, 0.5) is 0 Å². The topological polar surface area (TPSA) is 77.5 Å². The third-order valence-corrected chi connectivity index (χ3v) is 5.16. The molecule has 0 fully saturated rings. The number of fused-ring (bicyclic) bond motifs is 1. The lowest BCUT2D eigenvalue weighted by Crippen LogP contribution is -2.39. The van der Waals surface area contributed by atoms with Gasteiger partial charge in [0.2, 0.25) is 5.91 Å². The molecule has 2 amide bonds. The van der Waals surface area contributed by atoms with Crippen LogP contribution in [0.15, 0.2) is 36.4 Å². The molecule has 166 valence electrons. The molecule has 0 aromatic heterocycles. The van der Waals surface area contributed by atoms with Gasteiger partial charge in [-0.15, -0.1) is 0 Å². The van der Waals surface area contributed by atoms with Gasteiger partial charge in [0.1, 0.15) is 17.5 Å². The number of rotatable bonds is 8. The minimum absolute atomic E-state index is 0.0163. The average Bonchev–Trinajstić information content (AvgIpc) is 3.15. The lowest BCUT2D eigenvalue weighted by atomic mass is 10.0. The van der Waals surface area contributed by atoms with Crippen LogP contribution in [0, 0.1) is 0 Å². The fourth-order valence-electron chi connectivity index (χ4n) is 3.42. The zero-order valence-corrected chi connectivity index (χ0v) is 18.6. The van der Waals surface area contributed by atoms with Gasteiger partial charge in [-0.25, -0.2) is 0 Å². The zero-order valence-electron chi connectivity index (χ0n) is 17.9. The summed E-state index contributed by atoms with van der Waals surface area (Å²) in [7, 11) is 6.29. The summed E-state index contributed by atoms with van der Waals surface area (Å²) in [6.45, 7) is 0.200. The van der Waals surface area contributed by atoms with Crippen LogP contribution in [0.1, 0.15) is 27.5 Å². The summed E-state index contributed by atoms with van der Waals surface area (Å²) in [6, 6.07) is 9.77. The molecular formula is C22H25ClN2O6. The van der Waals surface area contributed by atoms with E-state index in [1.54, 1.807) is 14.1 Å². The third-order valence-electron chi connectivity index (χ3n) is 4.87. The van der Waals surface area contributed by atoms with Crippen molar-refractivity contribution in [2.45, 2.75) is 12.6 Å². The largest absolute Gasteiger partial charge is 0.467 e. The van der Waals surface area contributed by atoms with E-state index < -0.39 is 6.04 Å². The van der Waals surface area contributed by atoms with Gasteiger partial charge in [0.25, 0.3) is 5.91 Å². The first-order chi connectivity index (χ1) is 14.9.